The molecule has 1 aromatic heterocycles. The molecule has 0 aliphatic heterocycles. The average Bonchev–Trinajstić information content (AvgIpc) is 2.61. The van der Waals surface area contributed by atoms with Crippen molar-refractivity contribution < 1.29 is 14.3 Å². The molecule has 0 aliphatic carbocycles. The molecule has 2 rings (SSSR count). The fraction of sp³-hybridized carbons (Fsp3) is 0.263. The van der Waals surface area contributed by atoms with E-state index in [1.807, 2.05) is 50.2 Å². The molecule has 0 saturated heterocycles. The summed E-state index contributed by atoms with van der Waals surface area (Å²) in [6, 6.07) is 11.2. The first-order valence-electron chi connectivity index (χ1n) is 7.98. The van der Waals surface area contributed by atoms with Gasteiger partial charge in [-0.2, -0.15) is 0 Å². The van der Waals surface area contributed by atoms with E-state index in [2.05, 4.69) is 10.3 Å². The lowest BCUT2D eigenvalue weighted by atomic mass is 10.2. The van der Waals surface area contributed by atoms with Gasteiger partial charge in [0.25, 0.3) is 0 Å². The average molecular weight is 326 g/mol. The van der Waals surface area contributed by atoms with Crippen molar-refractivity contribution in [1.82, 2.24) is 10.3 Å². The predicted molar refractivity (Wildman–Crippen MR) is 93.9 cm³/mol. The van der Waals surface area contributed by atoms with Gasteiger partial charge in [0.2, 0.25) is 5.91 Å². The van der Waals surface area contributed by atoms with Crippen molar-refractivity contribution in [2.24, 2.45) is 0 Å². The minimum absolute atomic E-state index is 0.174. The maximum absolute atomic E-state index is 11.9. The van der Waals surface area contributed by atoms with Gasteiger partial charge in [0.15, 0.2) is 11.5 Å². The highest BCUT2D eigenvalue weighted by atomic mass is 16.5. The summed E-state index contributed by atoms with van der Waals surface area (Å²) in [5.74, 6) is 1.21. The largest absolute Gasteiger partial charge is 0.490 e. The Morgan fingerprint density at radius 3 is 2.62 bits per heavy atom. The van der Waals surface area contributed by atoms with E-state index < -0.39 is 0 Å². The van der Waals surface area contributed by atoms with Gasteiger partial charge in [-0.05, 0) is 49.8 Å². The van der Waals surface area contributed by atoms with Crippen LogP contribution in [-0.2, 0) is 11.3 Å². The van der Waals surface area contributed by atoms with Crippen LogP contribution in [0.15, 0.2) is 48.7 Å². The number of hydrogen-bond donors (Lipinski definition) is 1. The van der Waals surface area contributed by atoms with Crippen molar-refractivity contribution in [3.05, 3.63) is 59.9 Å². The number of rotatable bonds is 8. The topological polar surface area (TPSA) is 60.5 Å². The lowest BCUT2D eigenvalue weighted by molar-refractivity contribution is -0.116. The molecule has 0 saturated carbocycles. The van der Waals surface area contributed by atoms with E-state index in [9.17, 15) is 4.79 Å². The number of hydrogen-bond acceptors (Lipinski definition) is 4. The molecule has 0 radical (unpaired) electrons. The molecule has 0 atom stereocenters. The molecule has 1 aromatic carbocycles. The van der Waals surface area contributed by atoms with Crippen molar-refractivity contribution in [2.45, 2.75) is 20.4 Å². The number of benzene rings is 1. The summed E-state index contributed by atoms with van der Waals surface area (Å²) in [4.78, 5) is 16.0. The number of carbonyl (C=O) groups excluding carboxylic acids is 1. The van der Waals surface area contributed by atoms with Gasteiger partial charge in [-0.1, -0.05) is 12.1 Å². The quantitative estimate of drug-likeness (QED) is 0.757. The number of aromatic nitrogens is 1. The molecule has 0 bridgehead atoms. The maximum Gasteiger partial charge on any atom is 0.244 e. The third-order valence-corrected chi connectivity index (χ3v) is 3.16. The molecule has 2 aromatic rings. The van der Waals surface area contributed by atoms with Crippen molar-refractivity contribution in [3.63, 3.8) is 0 Å². The van der Waals surface area contributed by atoms with Crippen LogP contribution in [0.4, 0.5) is 0 Å². The first kappa shape index (κ1) is 17.5. The maximum atomic E-state index is 11.9. The molecule has 126 valence electrons. The highest BCUT2D eigenvalue weighted by Crippen LogP contribution is 2.28. The van der Waals surface area contributed by atoms with Gasteiger partial charge in [0.05, 0.1) is 25.5 Å². The SMILES string of the molecule is CCOc1ccc(/C=C/C(=O)NCc2ccccn2)cc1OCC. The second-order valence-electron chi connectivity index (χ2n) is 4.94. The van der Waals surface area contributed by atoms with Crippen LogP contribution in [-0.4, -0.2) is 24.1 Å². The van der Waals surface area contributed by atoms with Gasteiger partial charge >= 0.3 is 0 Å². The third-order valence-electron chi connectivity index (χ3n) is 3.16. The second-order valence-corrected chi connectivity index (χ2v) is 4.94. The lowest BCUT2D eigenvalue weighted by Gasteiger charge is -2.11. The number of ether oxygens (including phenoxy) is 2. The van der Waals surface area contributed by atoms with E-state index in [0.29, 0.717) is 31.3 Å². The van der Waals surface area contributed by atoms with Crippen LogP contribution in [0.5, 0.6) is 11.5 Å². The molecule has 1 amide bonds. The van der Waals surface area contributed by atoms with E-state index >= 15 is 0 Å². The van der Waals surface area contributed by atoms with Crippen LogP contribution in [0, 0.1) is 0 Å². The van der Waals surface area contributed by atoms with Crippen LogP contribution in [0.25, 0.3) is 6.08 Å². The number of nitrogens with zero attached hydrogens (tertiary/aromatic N) is 1. The van der Waals surface area contributed by atoms with E-state index in [1.165, 1.54) is 6.08 Å². The summed E-state index contributed by atoms with van der Waals surface area (Å²) in [6.07, 6.45) is 4.94. The van der Waals surface area contributed by atoms with Crippen LogP contribution in [0.2, 0.25) is 0 Å². The summed E-state index contributed by atoms with van der Waals surface area (Å²) >= 11 is 0. The van der Waals surface area contributed by atoms with Crippen molar-refractivity contribution in [2.75, 3.05) is 13.2 Å². The lowest BCUT2D eigenvalue weighted by Crippen LogP contribution is -2.20. The molecule has 1 heterocycles. The minimum atomic E-state index is -0.174. The molecule has 24 heavy (non-hydrogen) atoms. The Kier molecular flexibility index (Phi) is 6.83. The molecule has 0 fully saturated rings. The van der Waals surface area contributed by atoms with Gasteiger partial charge in [-0.15, -0.1) is 0 Å². The smallest absolute Gasteiger partial charge is 0.244 e. The standard InChI is InChI=1S/C19H22N2O3/c1-3-23-17-10-8-15(13-18(17)24-4-2)9-11-19(22)21-14-16-7-5-6-12-20-16/h5-13H,3-4,14H2,1-2H3,(H,21,22)/b11-9+. The van der Waals surface area contributed by atoms with E-state index in [4.69, 9.17) is 9.47 Å². The number of pyridine rings is 1. The molecular formula is C19H22N2O3. The van der Waals surface area contributed by atoms with Crippen molar-refractivity contribution >= 4 is 12.0 Å². The first-order valence-corrected chi connectivity index (χ1v) is 7.98. The van der Waals surface area contributed by atoms with Crippen LogP contribution >= 0.6 is 0 Å². The highest BCUT2D eigenvalue weighted by Gasteiger charge is 2.05. The number of carbonyl (C=O) groups is 1. The Labute approximate surface area is 142 Å². The fourth-order valence-electron chi connectivity index (χ4n) is 2.08. The van der Waals surface area contributed by atoms with Gasteiger partial charge in [-0.25, -0.2) is 0 Å². The highest BCUT2D eigenvalue weighted by molar-refractivity contribution is 5.91. The minimum Gasteiger partial charge on any atom is -0.490 e. The molecule has 1 N–H and O–H groups in total. The summed E-state index contributed by atoms with van der Waals surface area (Å²) in [5, 5.41) is 2.80. The molecule has 0 aliphatic rings. The summed E-state index contributed by atoms with van der Waals surface area (Å²) in [6.45, 7) is 5.37. The van der Waals surface area contributed by atoms with Gasteiger partial charge in [0, 0.05) is 12.3 Å². The Balaban J connectivity index is 1.97. The second kappa shape index (κ2) is 9.35. The van der Waals surface area contributed by atoms with E-state index in [-0.39, 0.29) is 5.91 Å². The van der Waals surface area contributed by atoms with Crippen LogP contribution < -0.4 is 14.8 Å². The molecule has 5 heteroatoms. The molecule has 0 spiro atoms. The Bertz CT molecular complexity index is 684. The zero-order valence-corrected chi connectivity index (χ0v) is 14.0. The van der Waals surface area contributed by atoms with Crippen LogP contribution in [0.3, 0.4) is 0 Å². The summed E-state index contributed by atoms with van der Waals surface area (Å²) in [5.41, 5.74) is 1.69. The number of amides is 1. The van der Waals surface area contributed by atoms with Gasteiger partial charge in [-0.3, -0.25) is 9.78 Å². The summed E-state index contributed by atoms with van der Waals surface area (Å²) in [7, 11) is 0. The van der Waals surface area contributed by atoms with E-state index in [1.54, 1.807) is 12.3 Å². The number of nitrogens with one attached hydrogen (secondary N) is 1. The molecule has 5 nitrogen and oxygen atoms in total. The Hall–Kier alpha value is -2.82. The summed E-state index contributed by atoms with van der Waals surface area (Å²) < 4.78 is 11.1. The first-order chi connectivity index (χ1) is 11.7. The Morgan fingerprint density at radius 1 is 1.12 bits per heavy atom. The zero-order chi connectivity index (χ0) is 17.2. The zero-order valence-electron chi connectivity index (χ0n) is 14.0. The van der Waals surface area contributed by atoms with Crippen molar-refractivity contribution in [1.29, 1.82) is 0 Å². The molecular weight excluding hydrogens is 304 g/mol. The monoisotopic (exact) mass is 326 g/mol. The Morgan fingerprint density at radius 2 is 1.92 bits per heavy atom. The van der Waals surface area contributed by atoms with Gasteiger partial charge < -0.3 is 14.8 Å². The molecule has 0 unspecified atom stereocenters. The fourth-order valence-corrected chi connectivity index (χ4v) is 2.08. The van der Waals surface area contributed by atoms with Crippen LogP contribution in [0.1, 0.15) is 25.1 Å². The normalized spacial score (nSPS) is 10.6. The third kappa shape index (κ3) is 5.43. The van der Waals surface area contributed by atoms with E-state index in [0.717, 1.165) is 11.3 Å². The van der Waals surface area contributed by atoms with Crippen molar-refractivity contribution in [3.8, 4) is 11.5 Å². The predicted octanol–water partition coefficient (Wildman–Crippen LogP) is 3.21. The van der Waals surface area contributed by atoms with Gasteiger partial charge in [0.1, 0.15) is 0 Å².